The van der Waals surface area contributed by atoms with Crippen LogP contribution in [0.2, 0.25) is 0 Å². The molecule has 0 amide bonds. The summed E-state index contributed by atoms with van der Waals surface area (Å²) in [5.74, 6) is 0.891. The molecule has 0 spiro atoms. The fourth-order valence-electron chi connectivity index (χ4n) is 0.898. The van der Waals surface area contributed by atoms with Crippen LogP contribution in [-0.2, 0) is 0 Å². The van der Waals surface area contributed by atoms with Crippen molar-refractivity contribution >= 4 is 0 Å². The molecule has 3 heteroatoms. The molecule has 3 nitrogen and oxygen atoms in total. The lowest BCUT2D eigenvalue weighted by Gasteiger charge is -2.00. The third-order valence-electron chi connectivity index (χ3n) is 1.35. The number of nitrogens with one attached hydrogen (secondary N) is 1. The molecule has 1 heterocycles. The lowest BCUT2D eigenvalue weighted by molar-refractivity contribution is 0.335. The number of nitrogens with zero attached hydrogens (tertiary/aromatic N) is 1. The highest BCUT2D eigenvalue weighted by molar-refractivity contribution is 5.30. The third kappa shape index (κ3) is 1.12. The van der Waals surface area contributed by atoms with E-state index in [1.54, 1.807) is 0 Å². The minimum Gasteiger partial charge on any atom is -0.490 e. The fraction of sp³-hybridized carbons (Fsp3) is 0.571. The van der Waals surface area contributed by atoms with E-state index >= 15 is 0 Å². The Hall–Kier alpha value is -0.990. The maximum absolute atomic E-state index is 5.31. The number of hydrogen-bond donors (Lipinski definition) is 1. The molecular weight excluding hydrogens is 128 g/mol. The lowest BCUT2D eigenvalue weighted by atomic mass is 10.3. The average molecular weight is 140 g/mol. The van der Waals surface area contributed by atoms with E-state index in [1.807, 2.05) is 20.8 Å². The normalized spacial score (nSPS) is 9.90. The van der Waals surface area contributed by atoms with Crippen molar-refractivity contribution in [1.82, 2.24) is 10.2 Å². The quantitative estimate of drug-likeness (QED) is 0.674. The van der Waals surface area contributed by atoms with E-state index in [9.17, 15) is 0 Å². The lowest BCUT2D eigenvalue weighted by Crippen LogP contribution is -1.92. The maximum atomic E-state index is 5.31. The van der Waals surface area contributed by atoms with Gasteiger partial charge in [0.2, 0.25) is 0 Å². The second-order valence-electron chi connectivity index (χ2n) is 2.20. The molecule has 0 atom stereocenters. The van der Waals surface area contributed by atoms with Crippen LogP contribution in [0.25, 0.3) is 0 Å². The van der Waals surface area contributed by atoms with Crippen LogP contribution in [0.1, 0.15) is 18.3 Å². The third-order valence-corrected chi connectivity index (χ3v) is 1.35. The van der Waals surface area contributed by atoms with E-state index in [-0.39, 0.29) is 0 Å². The molecule has 0 aromatic carbocycles. The van der Waals surface area contributed by atoms with Crippen molar-refractivity contribution in [3.63, 3.8) is 0 Å². The summed E-state index contributed by atoms with van der Waals surface area (Å²) in [5, 5.41) is 6.83. The molecule has 0 bridgehead atoms. The molecule has 0 saturated carbocycles. The smallest absolute Gasteiger partial charge is 0.162 e. The van der Waals surface area contributed by atoms with Crippen molar-refractivity contribution in [3.05, 3.63) is 11.4 Å². The Balaban J connectivity index is 2.87. The summed E-state index contributed by atoms with van der Waals surface area (Å²) < 4.78 is 5.31. The first kappa shape index (κ1) is 7.12. The Morgan fingerprint density at radius 2 is 2.20 bits per heavy atom. The molecule has 1 rings (SSSR count). The molecule has 0 fully saturated rings. The van der Waals surface area contributed by atoms with Gasteiger partial charge in [-0.25, -0.2) is 0 Å². The summed E-state index contributed by atoms with van der Waals surface area (Å²) in [6, 6.07) is 0. The van der Waals surface area contributed by atoms with Gasteiger partial charge in [0.15, 0.2) is 5.75 Å². The van der Waals surface area contributed by atoms with Crippen LogP contribution >= 0.6 is 0 Å². The van der Waals surface area contributed by atoms with Crippen molar-refractivity contribution in [1.29, 1.82) is 0 Å². The van der Waals surface area contributed by atoms with Gasteiger partial charge in [-0.1, -0.05) is 0 Å². The van der Waals surface area contributed by atoms with Crippen LogP contribution in [0.4, 0.5) is 0 Å². The van der Waals surface area contributed by atoms with Gasteiger partial charge in [0.1, 0.15) is 5.69 Å². The molecule has 1 aromatic rings. The molecule has 0 radical (unpaired) electrons. The van der Waals surface area contributed by atoms with E-state index in [2.05, 4.69) is 10.2 Å². The molecule has 0 unspecified atom stereocenters. The van der Waals surface area contributed by atoms with E-state index in [0.29, 0.717) is 6.61 Å². The van der Waals surface area contributed by atoms with Gasteiger partial charge in [-0.3, -0.25) is 5.10 Å². The van der Waals surface area contributed by atoms with Crippen LogP contribution < -0.4 is 4.74 Å². The number of hydrogen-bond acceptors (Lipinski definition) is 2. The van der Waals surface area contributed by atoms with Crippen LogP contribution in [0, 0.1) is 13.8 Å². The Bertz CT molecular complexity index is 198. The molecule has 1 aromatic heterocycles. The Morgan fingerprint density at radius 1 is 1.50 bits per heavy atom. The summed E-state index contributed by atoms with van der Waals surface area (Å²) in [6.07, 6.45) is 0. The predicted octanol–water partition coefficient (Wildman–Crippen LogP) is 1.43. The Morgan fingerprint density at radius 3 is 2.60 bits per heavy atom. The summed E-state index contributed by atoms with van der Waals surface area (Å²) in [4.78, 5) is 0. The first-order chi connectivity index (χ1) is 4.75. The van der Waals surface area contributed by atoms with Crippen LogP contribution in [-0.4, -0.2) is 16.8 Å². The largest absolute Gasteiger partial charge is 0.490 e. The van der Waals surface area contributed by atoms with Gasteiger partial charge in [-0.05, 0) is 20.8 Å². The number of H-pyrrole nitrogens is 1. The van der Waals surface area contributed by atoms with E-state index < -0.39 is 0 Å². The van der Waals surface area contributed by atoms with Gasteiger partial charge in [0.05, 0.1) is 12.3 Å². The minimum atomic E-state index is 0.696. The van der Waals surface area contributed by atoms with Crippen molar-refractivity contribution in [2.24, 2.45) is 0 Å². The summed E-state index contributed by atoms with van der Waals surface area (Å²) in [5.41, 5.74) is 1.93. The summed E-state index contributed by atoms with van der Waals surface area (Å²) >= 11 is 0. The average Bonchev–Trinajstić information content (AvgIpc) is 2.20. The molecule has 1 N–H and O–H groups in total. The van der Waals surface area contributed by atoms with Gasteiger partial charge < -0.3 is 4.74 Å². The van der Waals surface area contributed by atoms with Gasteiger partial charge in [0, 0.05) is 0 Å². The number of aromatic nitrogens is 2. The van der Waals surface area contributed by atoms with Crippen LogP contribution in [0.5, 0.6) is 5.75 Å². The Kier molecular flexibility index (Phi) is 1.94. The maximum Gasteiger partial charge on any atom is 0.162 e. The zero-order valence-electron chi connectivity index (χ0n) is 6.56. The summed E-state index contributed by atoms with van der Waals surface area (Å²) in [6.45, 7) is 6.53. The topological polar surface area (TPSA) is 37.9 Å². The molecule has 56 valence electrons. The van der Waals surface area contributed by atoms with E-state index in [1.165, 1.54) is 0 Å². The highest BCUT2D eigenvalue weighted by Gasteiger charge is 2.04. The van der Waals surface area contributed by atoms with E-state index in [0.717, 1.165) is 17.1 Å². The minimum absolute atomic E-state index is 0.696. The second-order valence-corrected chi connectivity index (χ2v) is 2.20. The van der Waals surface area contributed by atoms with Gasteiger partial charge in [0.25, 0.3) is 0 Å². The molecule has 10 heavy (non-hydrogen) atoms. The van der Waals surface area contributed by atoms with Crippen LogP contribution in [0.3, 0.4) is 0 Å². The zero-order valence-corrected chi connectivity index (χ0v) is 6.56. The number of ether oxygens (including phenoxy) is 1. The highest BCUT2D eigenvalue weighted by atomic mass is 16.5. The SMILES string of the molecule is CCOc1c(C)n[nH]c1C. The number of rotatable bonds is 2. The predicted molar refractivity (Wildman–Crippen MR) is 39.2 cm³/mol. The van der Waals surface area contributed by atoms with Crippen molar-refractivity contribution in [2.75, 3.05) is 6.61 Å². The summed E-state index contributed by atoms with van der Waals surface area (Å²) in [7, 11) is 0. The highest BCUT2D eigenvalue weighted by Crippen LogP contribution is 2.18. The fourth-order valence-corrected chi connectivity index (χ4v) is 0.898. The van der Waals surface area contributed by atoms with E-state index in [4.69, 9.17) is 4.74 Å². The molecule has 0 aliphatic carbocycles. The van der Waals surface area contributed by atoms with Gasteiger partial charge >= 0.3 is 0 Å². The second kappa shape index (κ2) is 2.73. The molecule has 0 aliphatic rings. The van der Waals surface area contributed by atoms with Crippen LogP contribution in [0.15, 0.2) is 0 Å². The molecular formula is C7H12N2O. The van der Waals surface area contributed by atoms with Crippen molar-refractivity contribution < 1.29 is 4.74 Å². The molecule has 0 saturated heterocycles. The Labute approximate surface area is 60.4 Å². The van der Waals surface area contributed by atoms with Crippen molar-refractivity contribution in [2.45, 2.75) is 20.8 Å². The molecule has 0 aliphatic heterocycles. The monoisotopic (exact) mass is 140 g/mol. The first-order valence-corrected chi connectivity index (χ1v) is 3.40. The van der Waals surface area contributed by atoms with Gasteiger partial charge in [-0.2, -0.15) is 5.10 Å². The zero-order chi connectivity index (χ0) is 7.56. The van der Waals surface area contributed by atoms with Gasteiger partial charge in [-0.15, -0.1) is 0 Å². The first-order valence-electron chi connectivity index (χ1n) is 3.40. The number of aromatic amines is 1. The number of aryl methyl sites for hydroxylation is 2. The standard InChI is InChI=1S/C7H12N2O/c1-4-10-7-5(2)8-9-6(7)3/h4H2,1-3H3,(H,8,9). The van der Waals surface area contributed by atoms with Crippen molar-refractivity contribution in [3.8, 4) is 5.75 Å².